The van der Waals surface area contributed by atoms with Crippen LogP contribution in [0.2, 0.25) is 0 Å². The molecule has 1 saturated heterocycles. The molecule has 0 amide bonds. The molecule has 0 atom stereocenters. The first-order valence-corrected chi connectivity index (χ1v) is 5.81. The Morgan fingerprint density at radius 3 is 2.94 bits per heavy atom. The highest BCUT2D eigenvalue weighted by Crippen LogP contribution is 2.23. The Labute approximate surface area is 100 Å². The molecule has 1 fully saturated rings. The van der Waals surface area contributed by atoms with Gasteiger partial charge in [0.2, 0.25) is 0 Å². The lowest BCUT2D eigenvalue weighted by Crippen LogP contribution is -2.43. The Hall–Kier alpha value is -1.81. The summed E-state index contributed by atoms with van der Waals surface area (Å²) in [5.74, 6) is 1.65. The Morgan fingerprint density at radius 2 is 2.24 bits per heavy atom. The number of hydrogen-bond donors (Lipinski definition) is 1. The minimum absolute atomic E-state index is 0.477. The molecule has 4 nitrogen and oxygen atoms in total. The van der Waals surface area contributed by atoms with Crippen LogP contribution in [0, 0.1) is 6.92 Å². The number of aryl methyl sites for hydroxylation is 1. The average molecular weight is 229 g/mol. The zero-order chi connectivity index (χ0) is 11.7. The molecular formula is C13H15N3O. The topological polar surface area (TPSA) is 39.1 Å². The molecule has 1 aromatic heterocycles. The highest BCUT2D eigenvalue weighted by molar-refractivity contribution is 5.31. The van der Waals surface area contributed by atoms with Crippen LogP contribution in [0.4, 0.5) is 0 Å². The van der Waals surface area contributed by atoms with Crippen molar-refractivity contribution in [1.29, 1.82) is 0 Å². The number of hydrogen-bond acceptors (Lipinski definition) is 3. The maximum Gasteiger partial charge on any atom is 0.165 e. The van der Waals surface area contributed by atoms with Gasteiger partial charge in [-0.15, -0.1) is 0 Å². The van der Waals surface area contributed by atoms with Gasteiger partial charge in [0.05, 0.1) is 18.4 Å². The molecule has 4 heteroatoms. The first kappa shape index (κ1) is 10.4. The maximum absolute atomic E-state index is 5.75. The predicted molar refractivity (Wildman–Crippen MR) is 65.4 cm³/mol. The number of benzene rings is 1. The number of rotatable bonds is 3. The molecule has 3 rings (SSSR count). The van der Waals surface area contributed by atoms with E-state index in [0.29, 0.717) is 6.04 Å². The van der Waals surface area contributed by atoms with Crippen LogP contribution >= 0.6 is 0 Å². The third-order valence-electron chi connectivity index (χ3n) is 2.94. The molecule has 2 heterocycles. The predicted octanol–water partition coefficient (Wildman–Crippen LogP) is 2.13. The van der Waals surface area contributed by atoms with E-state index in [-0.39, 0.29) is 0 Å². The fraction of sp³-hybridized carbons (Fsp3) is 0.308. The zero-order valence-corrected chi connectivity index (χ0v) is 9.76. The van der Waals surface area contributed by atoms with Gasteiger partial charge in [-0.2, -0.15) is 5.10 Å². The largest absolute Gasteiger partial charge is 0.454 e. The van der Waals surface area contributed by atoms with Crippen molar-refractivity contribution in [2.45, 2.75) is 13.0 Å². The van der Waals surface area contributed by atoms with Gasteiger partial charge in [-0.1, -0.05) is 12.1 Å². The molecule has 1 N–H and O–H groups in total. The zero-order valence-electron chi connectivity index (χ0n) is 9.76. The Kier molecular flexibility index (Phi) is 2.57. The molecular weight excluding hydrogens is 214 g/mol. The summed E-state index contributed by atoms with van der Waals surface area (Å²) in [4.78, 5) is 0. The van der Waals surface area contributed by atoms with E-state index in [1.54, 1.807) is 6.20 Å². The summed E-state index contributed by atoms with van der Waals surface area (Å²) in [6.07, 6.45) is 3.72. The van der Waals surface area contributed by atoms with E-state index in [1.165, 1.54) is 5.56 Å². The maximum atomic E-state index is 5.75. The van der Waals surface area contributed by atoms with Crippen molar-refractivity contribution in [3.63, 3.8) is 0 Å². The second-order valence-electron chi connectivity index (χ2n) is 4.39. The van der Waals surface area contributed by atoms with E-state index in [2.05, 4.69) is 23.4 Å². The van der Waals surface area contributed by atoms with Crippen LogP contribution in [0.25, 0.3) is 0 Å². The lowest BCUT2D eigenvalue weighted by atomic mass is 10.2. The standard InChI is InChI=1S/C13H15N3O/c1-10-3-2-4-12(5-10)17-13-8-15-16(9-13)11-6-14-7-11/h2-5,8-9,11,14H,6-7H2,1H3. The van der Waals surface area contributed by atoms with E-state index >= 15 is 0 Å². The van der Waals surface area contributed by atoms with Crippen LogP contribution in [0.15, 0.2) is 36.7 Å². The van der Waals surface area contributed by atoms with Crippen LogP contribution in [0.1, 0.15) is 11.6 Å². The fourth-order valence-electron chi connectivity index (χ4n) is 1.85. The molecule has 0 aliphatic carbocycles. The molecule has 2 aromatic rings. The third-order valence-corrected chi connectivity index (χ3v) is 2.94. The smallest absolute Gasteiger partial charge is 0.165 e. The van der Waals surface area contributed by atoms with Crippen LogP contribution in [0.5, 0.6) is 11.5 Å². The third kappa shape index (κ3) is 2.17. The van der Waals surface area contributed by atoms with E-state index in [4.69, 9.17) is 4.74 Å². The van der Waals surface area contributed by atoms with E-state index in [9.17, 15) is 0 Å². The Balaban J connectivity index is 1.74. The minimum atomic E-state index is 0.477. The van der Waals surface area contributed by atoms with Crippen molar-refractivity contribution < 1.29 is 4.74 Å². The van der Waals surface area contributed by atoms with Crippen molar-refractivity contribution in [1.82, 2.24) is 15.1 Å². The summed E-state index contributed by atoms with van der Waals surface area (Å²) in [5, 5.41) is 7.53. The van der Waals surface area contributed by atoms with Gasteiger partial charge in [0, 0.05) is 13.1 Å². The van der Waals surface area contributed by atoms with Crippen LogP contribution < -0.4 is 10.1 Å². The van der Waals surface area contributed by atoms with Crippen LogP contribution in [0.3, 0.4) is 0 Å². The summed E-state index contributed by atoms with van der Waals surface area (Å²) in [6, 6.07) is 8.49. The number of nitrogens with zero attached hydrogens (tertiary/aromatic N) is 2. The molecule has 1 aliphatic heterocycles. The van der Waals surface area contributed by atoms with Gasteiger partial charge in [0.1, 0.15) is 5.75 Å². The highest BCUT2D eigenvalue weighted by atomic mass is 16.5. The van der Waals surface area contributed by atoms with Crippen molar-refractivity contribution in [3.05, 3.63) is 42.2 Å². The van der Waals surface area contributed by atoms with Gasteiger partial charge < -0.3 is 10.1 Å². The van der Waals surface area contributed by atoms with Gasteiger partial charge in [0.15, 0.2) is 5.75 Å². The lowest BCUT2D eigenvalue weighted by molar-refractivity contribution is 0.317. The van der Waals surface area contributed by atoms with Crippen molar-refractivity contribution in [2.75, 3.05) is 13.1 Å². The summed E-state index contributed by atoms with van der Waals surface area (Å²) in [7, 11) is 0. The van der Waals surface area contributed by atoms with E-state index < -0.39 is 0 Å². The monoisotopic (exact) mass is 229 g/mol. The molecule has 0 bridgehead atoms. The Morgan fingerprint density at radius 1 is 1.35 bits per heavy atom. The summed E-state index contributed by atoms with van der Waals surface area (Å²) >= 11 is 0. The molecule has 17 heavy (non-hydrogen) atoms. The minimum Gasteiger partial charge on any atom is -0.454 e. The first-order chi connectivity index (χ1) is 8.31. The van der Waals surface area contributed by atoms with E-state index in [1.807, 2.05) is 29.1 Å². The second kappa shape index (κ2) is 4.22. The van der Waals surface area contributed by atoms with Crippen molar-refractivity contribution >= 4 is 0 Å². The molecule has 0 spiro atoms. The summed E-state index contributed by atoms with van der Waals surface area (Å²) in [6.45, 7) is 4.04. The normalized spacial score (nSPS) is 15.6. The first-order valence-electron chi connectivity index (χ1n) is 5.81. The SMILES string of the molecule is Cc1cccc(Oc2cnn(C3CNC3)c2)c1. The number of aromatic nitrogens is 2. The molecule has 1 aromatic carbocycles. The molecule has 88 valence electrons. The fourth-order valence-corrected chi connectivity index (χ4v) is 1.85. The lowest BCUT2D eigenvalue weighted by Gasteiger charge is -2.26. The molecule has 0 radical (unpaired) electrons. The van der Waals surface area contributed by atoms with Gasteiger partial charge in [-0.05, 0) is 24.6 Å². The van der Waals surface area contributed by atoms with Gasteiger partial charge >= 0.3 is 0 Å². The van der Waals surface area contributed by atoms with Crippen LogP contribution in [-0.4, -0.2) is 22.9 Å². The summed E-state index contributed by atoms with van der Waals surface area (Å²) in [5.41, 5.74) is 1.19. The quantitative estimate of drug-likeness (QED) is 0.876. The second-order valence-corrected chi connectivity index (χ2v) is 4.39. The molecule has 1 aliphatic rings. The van der Waals surface area contributed by atoms with Crippen molar-refractivity contribution in [2.24, 2.45) is 0 Å². The van der Waals surface area contributed by atoms with Gasteiger partial charge in [0.25, 0.3) is 0 Å². The Bertz CT molecular complexity index is 517. The number of ether oxygens (including phenoxy) is 1. The molecule has 0 unspecified atom stereocenters. The van der Waals surface area contributed by atoms with Crippen molar-refractivity contribution in [3.8, 4) is 11.5 Å². The summed E-state index contributed by atoms with van der Waals surface area (Å²) < 4.78 is 7.71. The van der Waals surface area contributed by atoms with Gasteiger partial charge in [-0.3, -0.25) is 4.68 Å². The van der Waals surface area contributed by atoms with E-state index in [0.717, 1.165) is 24.6 Å². The highest BCUT2D eigenvalue weighted by Gasteiger charge is 2.19. The molecule has 0 saturated carbocycles. The average Bonchev–Trinajstić information content (AvgIpc) is 2.63. The number of nitrogens with one attached hydrogen (secondary N) is 1. The van der Waals surface area contributed by atoms with Gasteiger partial charge in [-0.25, -0.2) is 0 Å². The van der Waals surface area contributed by atoms with Crippen LogP contribution in [-0.2, 0) is 0 Å².